The van der Waals surface area contributed by atoms with Crippen molar-refractivity contribution in [2.24, 2.45) is 0 Å². The van der Waals surface area contributed by atoms with E-state index in [9.17, 15) is 4.79 Å². The third-order valence-electron chi connectivity index (χ3n) is 1.54. The van der Waals surface area contributed by atoms with Crippen LogP contribution in [0.1, 0.15) is 26.7 Å². The van der Waals surface area contributed by atoms with Gasteiger partial charge in [0.1, 0.15) is 6.61 Å². The second-order valence-electron chi connectivity index (χ2n) is 3.01. The Hall–Kier alpha value is -0.610. The van der Waals surface area contributed by atoms with Gasteiger partial charge >= 0.3 is 5.97 Å². The van der Waals surface area contributed by atoms with Gasteiger partial charge in [0.05, 0.1) is 13.2 Å². The van der Waals surface area contributed by atoms with E-state index in [0.29, 0.717) is 19.8 Å². The lowest BCUT2D eigenvalue weighted by Crippen LogP contribution is -2.26. The van der Waals surface area contributed by atoms with E-state index in [1.54, 1.807) is 0 Å². The van der Waals surface area contributed by atoms with E-state index in [1.807, 2.05) is 6.92 Å². The summed E-state index contributed by atoms with van der Waals surface area (Å²) in [5, 5.41) is 2.97. The standard InChI is InChI=1S/C10H21NO3/c1-3-5-11-9-10(12)14-8-7-13-6-4-2/h11H,3-9H2,1-2H3. The summed E-state index contributed by atoms with van der Waals surface area (Å²) in [5.41, 5.74) is 0. The fourth-order valence-electron chi connectivity index (χ4n) is 0.879. The van der Waals surface area contributed by atoms with E-state index >= 15 is 0 Å². The summed E-state index contributed by atoms with van der Waals surface area (Å²) in [6.45, 7) is 6.81. The van der Waals surface area contributed by atoms with Gasteiger partial charge in [0.25, 0.3) is 0 Å². The molecule has 0 fully saturated rings. The van der Waals surface area contributed by atoms with Crippen LogP contribution in [0.2, 0.25) is 0 Å². The molecule has 0 unspecified atom stereocenters. The Balaban J connectivity index is 3.10. The van der Waals surface area contributed by atoms with Crippen LogP contribution in [0.15, 0.2) is 0 Å². The van der Waals surface area contributed by atoms with Gasteiger partial charge in [-0.25, -0.2) is 0 Å². The monoisotopic (exact) mass is 203 g/mol. The maximum atomic E-state index is 11.0. The van der Waals surface area contributed by atoms with Crippen LogP contribution >= 0.6 is 0 Å². The van der Waals surface area contributed by atoms with Crippen LogP contribution in [0, 0.1) is 0 Å². The highest BCUT2D eigenvalue weighted by Gasteiger charge is 2.00. The van der Waals surface area contributed by atoms with E-state index in [-0.39, 0.29) is 5.97 Å². The van der Waals surface area contributed by atoms with Gasteiger partial charge in [-0.3, -0.25) is 4.79 Å². The second-order valence-corrected chi connectivity index (χ2v) is 3.01. The lowest BCUT2D eigenvalue weighted by Gasteiger charge is -2.05. The number of rotatable bonds is 9. The number of nitrogens with one attached hydrogen (secondary N) is 1. The minimum Gasteiger partial charge on any atom is -0.462 e. The highest BCUT2D eigenvalue weighted by molar-refractivity contribution is 5.71. The largest absolute Gasteiger partial charge is 0.462 e. The average molecular weight is 203 g/mol. The molecule has 4 nitrogen and oxygen atoms in total. The molecular weight excluding hydrogens is 182 g/mol. The molecule has 0 amide bonds. The van der Waals surface area contributed by atoms with Crippen LogP contribution < -0.4 is 5.32 Å². The van der Waals surface area contributed by atoms with Gasteiger partial charge in [0.15, 0.2) is 0 Å². The smallest absolute Gasteiger partial charge is 0.319 e. The van der Waals surface area contributed by atoms with Crippen molar-refractivity contribution in [3.05, 3.63) is 0 Å². The molecule has 0 heterocycles. The van der Waals surface area contributed by atoms with E-state index in [2.05, 4.69) is 12.2 Å². The second kappa shape index (κ2) is 10.5. The van der Waals surface area contributed by atoms with Crippen molar-refractivity contribution >= 4 is 5.97 Å². The molecule has 0 bridgehead atoms. The van der Waals surface area contributed by atoms with Gasteiger partial charge in [-0.05, 0) is 19.4 Å². The Morgan fingerprint density at radius 3 is 2.57 bits per heavy atom. The summed E-state index contributed by atoms with van der Waals surface area (Å²) >= 11 is 0. The lowest BCUT2D eigenvalue weighted by molar-refractivity contribution is -0.144. The number of ether oxygens (including phenoxy) is 2. The number of hydrogen-bond donors (Lipinski definition) is 1. The molecule has 0 atom stereocenters. The highest BCUT2D eigenvalue weighted by Crippen LogP contribution is 1.83. The Morgan fingerprint density at radius 2 is 1.93 bits per heavy atom. The molecule has 84 valence electrons. The molecule has 0 aliphatic heterocycles. The summed E-state index contributed by atoms with van der Waals surface area (Å²) < 4.78 is 10.1. The molecule has 0 saturated carbocycles. The van der Waals surface area contributed by atoms with Gasteiger partial charge in [0.2, 0.25) is 0 Å². The van der Waals surface area contributed by atoms with E-state index < -0.39 is 0 Å². The fraction of sp³-hybridized carbons (Fsp3) is 0.900. The minimum absolute atomic E-state index is 0.210. The first-order valence-corrected chi connectivity index (χ1v) is 5.25. The molecule has 0 aromatic rings. The third-order valence-corrected chi connectivity index (χ3v) is 1.54. The highest BCUT2D eigenvalue weighted by atomic mass is 16.6. The van der Waals surface area contributed by atoms with Crippen molar-refractivity contribution in [3.8, 4) is 0 Å². The molecule has 14 heavy (non-hydrogen) atoms. The topological polar surface area (TPSA) is 47.6 Å². The number of esters is 1. The molecule has 0 saturated heterocycles. The normalized spacial score (nSPS) is 10.1. The third kappa shape index (κ3) is 9.48. The van der Waals surface area contributed by atoms with E-state index in [1.165, 1.54) is 0 Å². The Morgan fingerprint density at radius 1 is 1.14 bits per heavy atom. The number of hydrogen-bond acceptors (Lipinski definition) is 4. The Bertz CT molecular complexity index is 139. The van der Waals surface area contributed by atoms with Gasteiger partial charge < -0.3 is 14.8 Å². The molecule has 0 radical (unpaired) electrons. The van der Waals surface area contributed by atoms with Gasteiger partial charge in [-0.2, -0.15) is 0 Å². The van der Waals surface area contributed by atoms with Crippen LogP contribution in [0.25, 0.3) is 0 Å². The fourth-order valence-corrected chi connectivity index (χ4v) is 0.879. The van der Waals surface area contributed by atoms with Crippen LogP contribution in [-0.2, 0) is 14.3 Å². The molecule has 4 heteroatoms. The zero-order chi connectivity index (χ0) is 10.6. The van der Waals surface area contributed by atoms with Gasteiger partial charge in [-0.15, -0.1) is 0 Å². The SMILES string of the molecule is CCCNCC(=O)OCCOCCC. The molecule has 0 spiro atoms. The maximum absolute atomic E-state index is 11.0. The number of carbonyl (C=O) groups excluding carboxylic acids is 1. The van der Waals surface area contributed by atoms with E-state index in [4.69, 9.17) is 9.47 Å². The summed E-state index contributed by atoms with van der Waals surface area (Å²) in [6, 6.07) is 0. The lowest BCUT2D eigenvalue weighted by atomic mass is 10.5. The minimum atomic E-state index is -0.210. The number of carbonyl (C=O) groups is 1. The van der Waals surface area contributed by atoms with Crippen molar-refractivity contribution in [2.45, 2.75) is 26.7 Å². The average Bonchev–Trinajstić information content (AvgIpc) is 2.18. The molecule has 1 N–H and O–H groups in total. The molecule has 0 aromatic carbocycles. The summed E-state index contributed by atoms with van der Waals surface area (Å²) in [4.78, 5) is 11.0. The maximum Gasteiger partial charge on any atom is 0.319 e. The van der Waals surface area contributed by atoms with Crippen molar-refractivity contribution in [2.75, 3.05) is 32.9 Å². The zero-order valence-electron chi connectivity index (χ0n) is 9.17. The van der Waals surface area contributed by atoms with Crippen LogP contribution in [0.3, 0.4) is 0 Å². The van der Waals surface area contributed by atoms with Crippen LogP contribution in [-0.4, -0.2) is 38.9 Å². The Kier molecular flexibility index (Phi) is 10.0. The molecule has 0 rings (SSSR count). The van der Waals surface area contributed by atoms with Crippen LogP contribution in [0.4, 0.5) is 0 Å². The quantitative estimate of drug-likeness (QED) is 0.448. The summed E-state index contributed by atoms with van der Waals surface area (Å²) in [6.07, 6.45) is 2.01. The predicted octanol–water partition coefficient (Wildman–Crippen LogP) is 0.956. The molecule has 0 aromatic heterocycles. The molecule has 0 aliphatic carbocycles. The predicted molar refractivity (Wildman–Crippen MR) is 55.2 cm³/mol. The molecule has 0 aliphatic rings. The van der Waals surface area contributed by atoms with E-state index in [0.717, 1.165) is 26.0 Å². The first kappa shape index (κ1) is 13.4. The van der Waals surface area contributed by atoms with Crippen molar-refractivity contribution in [3.63, 3.8) is 0 Å². The van der Waals surface area contributed by atoms with Gasteiger partial charge in [0, 0.05) is 6.61 Å². The van der Waals surface area contributed by atoms with Crippen molar-refractivity contribution < 1.29 is 14.3 Å². The van der Waals surface area contributed by atoms with Gasteiger partial charge in [-0.1, -0.05) is 13.8 Å². The van der Waals surface area contributed by atoms with Crippen molar-refractivity contribution in [1.29, 1.82) is 0 Å². The Labute approximate surface area is 86.0 Å². The summed E-state index contributed by atoms with van der Waals surface area (Å²) in [7, 11) is 0. The zero-order valence-corrected chi connectivity index (χ0v) is 9.17. The van der Waals surface area contributed by atoms with Crippen molar-refractivity contribution in [1.82, 2.24) is 5.32 Å². The first-order chi connectivity index (χ1) is 6.81. The summed E-state index contributed by atoms with van der Waals surface area (Å²) in [5.74, 6) is -0.210. The first-order valence-electron chi connectivity index (χ1n) is 5.25. The van der Waals surface area contributed by atoms with Crippen LogP contribution in [0.5, 0.6) is 0 Å². The molecular formula is C10H21NO3.